The minimum atomic E-state index is -4.38. The molecule has 0 fully saturated rings. The predicted molar refractivity (Wildman–Crippen MR) is 97.4 cm³/mol. The van der Waals surface area contributed by atoms with Crippen LogP contribution in [-0.4, -0.2) is 48.3 Å². The van der Waals surface area contributed by atoms with Crippen molar-refractivity contribution >= 4 is 27.9 Å². The maximum atomic E-state index is 12.8. The number of aliphatic hydroxyl groups excluding tert-OH is 1. The molecule has 0 heterocycles. The van der Waals surface area contributed by atoms with Crippen molar-refractivity contribution in [3.05, 3.63) is 24.1 Å². The first-order chi connectivity index (χ1) is 11.7. The fourth-order valence-corrected chi connectivity index (χ4v) is 4.32. The van der Waals surface area contributed by atoms with E-state index in [9.17, 15) is 18.3 Å². The number of nitrogens with one attached hydrogen (secondary N) is 1. The lowest BCUT2D eigenvalue weighted by Crippen LogP contribution is -2.37. The summed E-state index contributed by atoms with van der Waals surface area (Å²) < 4.78 is 51.6. The lowest BCUT2D eigenvalue weighted by atomic mass is 9.89. The van der Waals surface area contributed by atoms with E-state index in [0.717, 1.165) is 6.42 Å². The van der Waals surface area contributed by atoms with E-state index in [1.165, 1.54) is 18.0 Å². The lowest BCUT2D eigenvalue weighted by molar-refractivity contribution is -0.200. The van der Waals surface area contributed by atoms with Gasteiger partial charge in [-0.1, -0.05) is 28.6 Å². The third kappa shape index (κ3) is 7.80. The van der Waals surface area contributed by atoms with Gasteiger partial charge in [-0.05, 0) is 24.8 Å². The minimum Gasteiger partial charge on any atom is -0.502 e. The molecule has 0 saturated heterocycles. The van der Waals surface area contributed by atoms with E-state index in [0.29, 0.717) is 24.5 Å². The number of allylic oxidation sites excluding steroid dienone is 2. The highest BCUT2D eigenvalue weighted by Gasteiger charge is 2.45. The van der Waals surface area contributed by atoms with E-state index in [2.05, 4.69) is 27.2 Å². The van der Waals surface area contributed by atoms with Crippen molar-refractivity contribution < 1.29 is 27.8 Å². The molecule has 0 aromatic carbocycles. The van der Waals surface area contributed by atoms with Crippen molar-refractivity contribution in [2.45, 2.75) is 48.0 Å². The van der Waals surface area contributed by atoms with E-state index in [4.69, 9.17) is 9.47 Å². The fraction of sp³-hybridized carbons (Fsp3) is 0.750. The standard InChI is InChI=1S/C16H25BrF3NO3S/c1-10(24-3)8-13(17)15(6-7-23-2)25-21-11-4-5-12(14(22)9-11)16(18,19)20/h4,12-15,21-22H,1,5-9H2,2-3H3. The number of ether oxygens (including phenoxy) is 2. The normalized spacial score (nSPS) is 23.6. The summed E-state index contributed by atoms with van der Waals surface area (Å²) in [6.07, 6.45) is -3.18. The number of aliphatic hydroxyl groups is 1. The average molecular weight is 448 g/mol. The van der Waals surface area contributed by atoms with Gasteiger partial charge in [0.1, 0.15) is 0 Å². The second kappa shape index (κ2) is 10.7. The number of methoxy groups -OCH3 is 2. The molecule has 0 aliphatic heterocycles. The van der Waals surface area contributed by atoms with Crippen LogP contribution < -0.4 is 4.72 Å². The molecule has 1 aliphatic rings. The Labute approximate surface area is 159 Å². The molecule has 4 atom stereocenters. The van der Waals surface area contributed by atoms with Crippen LogP contribution in [0, 0.1) is 5.92 Å². The Hall–Kier alpha value is -0.380. The SMILES string of the molecule is C=C(CC(Br)C(CCOC)SNC1=CCC(C(F)(F)F)C(O)C1)OC. The number of hydrogen-bond donors (Lipinski definition) is 2. The Morgan fingerprint density at radius 2 is 2.20 bits per heavy atom. The van der Waals surface area contributed by atoms with Crippen LogP contribution in [0.25, 0.3) is 0 Å². The Bertz CT molecular complexity index is 462. The van der Waals surface area contributed by atoms with Gasteiger partial charge in [0.15, 0.2) is 0 Å². The Morgan fingerprint density at radius 1 is 1.52 bits per heavy atom. The van der Waals surface area contributed by atoms with Gasteiger partial charge in [-0.15, -0.1) is 0 Å². The van der Waals surface area contributed by atoms with Crippen LogP contribution in [0.5, 0.6) is 0 Å². The number of rotatable bonds is 10. The van der Waals surface area contributed by atoms with Crippen molar-refractivity contribution in [2.75, 3.05) is 20.8 Å². The second-order valence-corrected chi connectivity index (χ2v) is 8.11. The zero-order valence-electron chi connectivity index (χ0n) is 14.3. The van der Waals surface area contributed by atoms with Gasteiger partial charge in [0.05, 0.1) is 24.9 Å². The fourth-order valence-electron chi connectivity index (χ4n) is 2.44. The molecule has 146 valence electrons. The van der Waals surface area contributed by atoms with Gasteiger partial charge >= 0.3 is 6.18 Å². The largest absolute Gasteiger partial charge is 0.502 e. The molecule has 9 heteroatoms. The van der Waals surface area contributed by atoms with Crippen molar-refractivity contribution in [1.82, 2.24) is 4.72 Å². The van der Waals surface area contributed by atoms with Crippen molar-refractivity contribution in [2.24, 2.45) is 5.92 Å². The zero-order valence-corrected chi connectivity index (χ0v) is 16.7. The Morgan fingerprint density at radius 3 is 2.72 bits per heavy atom. The molecule has 0 bridgehead atoms. The van der Waals surface area contributed by atoms with Gasteiger partial charge in [0, 0.05) is 42.3 Å². The summed E-state index contributed by atoms with van der Waals surface area (Å²) in [6, 6.07) is 0. The Kier molecular flexibility index (Phi) is 9.69. The van der Waals surface area contributed by atoms with Gasteiger partial charge < -0.3 is 19.3 Å². The predicted octanol–water partition coefficient (Wildman–Crippen LogP) is 4.16. The molecule has 0 radical (unpaired) electrons. The van der Waals surface area contributed by atoms with E-state index in [-0.39, 0.29) is 22.9 Å². The highest BCUT2D eigenvalue weighted by atomic mass is 79.9. The van der Waals surface area contributed by atoms with Crippen LogP contribution in [0.3, 0.4) is 0 Å². The smallest absolute Gasteiger partial charge is 0.394 e. The second-order valence-electron chi connectivity index (χ2n) is 5.89. The summed E-state index contributed by atoms with van der Waals surface area (Å²) in [5.74, 6) is -1.05. The topological polar surface area (TPSA) is 50.7 Å². The number of alkyl halides is 4. The van der Waals surface area contributed by atoms with Crippen LogP contribution in [0.4, 0.5) is 13.2 Å². The first-order valence-electron chi connectivity index (χ1n) is 7.89. The summed E-state index contributed by atoms with van der Waals surface area (Å²) in [6.45, 7) is 4.36. The molecule has 1 aliphatic carbocycles. The minimum absolute atomic E-state index is 0.0358. The molecular weight excluding hydrogens is 423 g/mol. The molecule has 0 aromatic rings. The van der Waals surface area contributed by atoms with Crippen molar-refractivity contribution in [3.8, 4) is 0 Å². The van der Waals surface area contributed by atoms with Crippen LogP contribution in [-0.2, 0) is 9.47 Å². The highest BCUT2D eigenvalue weighted by Crippen LogP contribution is 2.37. The Balaban J connectivity index is 2.61. The molecule has 4 nitrogen and oxygen atoms in total. The molecule has 1 rings (SSSR count). The molecule has 2 N–H and O–H groups in total. The number of hydrogen-bond acceptors (Lipinski definition) is 5. The molecule has 0 aromatic heterocycles. The average Bonchev–Trinajstić information content (AvgIpc) is 2.53. The van der Waals surface area contributed by atoms with Gasteiger partial charge in [-0.3, -0.25) is 0 Å². The first kappa shape index (κ1) is 22.7. The van der Waals surface area contributed by atoms with Crippen molar-refractivity contribution in [3.63, 3.8) is 0 Å². The molecule has 0 saturated carbocycles. The molecule has 0 spiro atoms. The van der Waals surface area contributed by atoms with E-state index < -0.39 is 18.2 Å². The summed E-state index contributed by atoms with van der Waals surface area (Å²) in [7, 11) is 3.17. The summed E-state index contributed by atoms with van der Waals surface area (Å²) in [5, 5.41) is 9.86. The van der Waals surface area contributed by atoms with Gasteiger partial charge in [-0.2, -0.15) is 13.2 Å². The monoisotopic (exact) mass is 447 g/mol. The van der Waals surface area contributed by atoms with Crippen molar-refractivity contribution in [1.29, 1.82) is 0 Å². The van der Waals surface area contributed by atoms with Crippen LogP contribution in [0.15, 0.2) is 24.1 Å². The molecule has 0 amide bonds. The van der Waals surface area contributed by atoms with Gasteiger partial charge in [0.2, 0.25) is 0 Å². The zero-order chi connectivity index (χ0) is 19.0. The summed E-state index contributed by atoms with van der Waals surface area (Å²) in [4.78, 5) is 0.0598. The van der Waals surface area contributed by atoms with E-state index in [1.807, 2.05) is 0 Å². The molecular formula is C16H25BrF3NO3S. The summed E-state index contributed by atoms with van der Waals surface area (Å²) >= 11 is 5.02. The van der Waals surface area contributed by atoms with Gasteiger partial charge in [-0.25, -0.2) is 0 Å². The molecule has 25 heavy (non-hydrogen) atoms. The van der Waals surface area contributed by atoms with Crippen LogP contribution in [0.1, 0.15) is 25.7 Å². The van der Waals surface area contributed by atoms with E-state index in [1.54, 1.807) is 14.2 Å². The number of halogens is 4. The van der Waals surface area contributed by atoms with Crippen LogP contribution >= 0.6 is 27.9 Å². The molecule has 4 unspecified atom stereocenters. The van der Waals surface area contributed by atoms with Gasteiger partial charge in [0.25, 0.3) is 0 Å². The third-order valence-electron chi connectivity index (χ3n) is 3.99. The quantitative estimate of drug-likeness (QED) is 0.299. The third-order valence-corrected chi connectivity index (χ3v) is 6.55. The maximum Gasteiger partial charge on any atom is 0.394 e. The highest BCUT2D eigenvalue weighted by molar-refractivity contribution is 9.09. The van der Waals surface area contributed by atoms with Crippen LogP contribution in [0.2, 0.25) is 0 Å². The van der Waals surface area contributed by atoms with E-state index >= 15 is 0 Å². The maximum absolute atomic E-state index is 12.8. The first-order valence-corrected chi connectivity index (χ1v) is 9.68. The summed E-state index contributed by atoms with van der Waals surface area (Å²) in [5.41, 5.74) is 0.616. The lowest BCUT2D eigenvalue weighted by Gasteiger charge is -2.30.